The Balaban J connectivity index is 0.00000145. The molecule has 15 rings (SSSR count). The van der Waals surface area contributed by atoms with E-state index < -0.39 is 317 Å². The minimum atomic E-state index is -2.28. The lowest BCUT2D eigenvalue weighted by Crippen LogP contribution is -2.65. The zero-order chi connectivity index (χ0) is 106. The molecular weight excluding hydrogens is 1970 g/mol. The number of primary amides is 1. The van der Waals surface area contributed by atoms with Gasteiger partial charge in [0, 0.05) is 78.4 Å². The van der Waals surface area contributed by atoms with E-state index in [-0.39, 0.29) is 97.2 Å². The first-order valence-electron chi connectivity index (χ1n) is 47.1. The molecule has 27 atom stereocenters. The summed E-state index contributed by atoms with van der Waals surface area (Å²) in [4.78, 5) is 132. The summed E-state index contributed by atoms with van der Waals surface area (Å²) in [7, 11) is 0. The predicted octanol–water partition coefficient (Wildman–Crippen LogP) is 2.83. The SMILES string of the molecule is CC[C@H](CC(C)C)C(=O)N[C@H]1C(=O)C[C@@H](CC(N)=O)C(=O)N[C@H]2C(=O)C[C@@H]3C(=O)N[C@H](C(=O)N[C@H](OC=O)c4cc(O)c(CNCCCCC(=O)[C@H](O)[C@@H](O)[C@H](O)[C@H](O)CO)c(O)c4-c4cc3ccc4O)[C@H](O)c3ccc(c(Cl)c3)Oc3cc2cc(c3O[C@@H]2O[C@H](CO)C(O)C(O)[C@H]2O[C@H]2CC(C)(NCc3ccc(-c4ccc(Cl)cc4)cc3)[C@H](O)[C@H](C)O2)Oc2ccc(cc2Cl)[C@H]1O.C[C@@H]1OC(CO)[C@H](O)[C@H](O)C1O. The number of amides is 5. The summed E-state index contributed by atoms with van der Waals surface area (Å²) in [5.41, 5.74) is 4.37. The summed E-state index contributed by atoms with van der Waals surface area (Å²) in [5.74, 6) is -18.7. The molecule has 8 aliphatic rings. The van der Waals surface area contributed by atoms with Crippen LogP contribution in [0.1, 0.15) is 169 Å². The summed E-state index contributed by atoms with van der Waals surface area (Å²) >= 11 is 20.6. The maximum atomic E-state index is 16.6. The number of unbranched alkanes of at least 4 members (excludes halogenated alkanes) is 1. The van der Waals surface area contributed by atoms with E-state index in [1.54, 1.807) is 39.8 Å². The Morgan fingerprint density at radius 3 is 1.85 bits per heavy atom. The molecule has 788 valence electrons. The Hall–Kier alpha value is -10.8. The number of aliphatic hydroxyl groups is 15. The molecule has 0 aliphatic carbocycles. The third-order valence-corrected chi connectivity index (χ3v) is 27.5. The van der Waals surface area contributed by atoms with Crippen molar-refractivity contribution in [3.05, 3.63) is 175 Å². The average Bonchev–Trinajstić information content (AvgIpc) is 0.751. The number of benzene rings is 7. The van der Waals surface area contributed by atoms with E-state index in [9.17, 15) is 106 Å². The molecule has 3 fully saturated rings. The van der Waals surface area contributed by atoms with E-state index in [1.807, 2.05) is 50.2 Å². The Morgan fingerprint density at radius 2 is 1.25 bits per heavy atom. The van der Waals surface area contributed by atoms with Gasteiger partial charge in [-0.2, -0.15) is 0 Å². The number of phenols is 3. The van der Waals surface area contributed by atoms with E-state index in [1.165, 1.54) is 24.3 Å². The number of nitrogens with one attached hydrogen (secondary N) is 6. The number of hydrogen-bond donors (Lipinski definition) is 25. The minimum absolute atomic E-state index is 0.0113. The molecule has 7 aromatic carbocycles. The number of aromatic hydroxyl groups is 3. The van der Waals surface area contributed by atoms with Crippen LogP contribution < -0.4 is 51.8 Å². The van der Waals surface area contributed by atoms with Crippen molar-refractivity contribution >= 4 is 88.2 Å². The van der Waals surface area contributed by atoms with Gasteiger partial charge in [0.1, 0.15) is 126 Å². The number of phenolic OH excluding ortho intramolecular Hbond substituents is 3. The van der Waals surface area contributed by atoms with Crippen molar-refractivity contribution in [2.75, 3.05) is 26.4 Å². The molecular formula is C100H122Cl3N7O35. The number of hydrogen-bond acceptors (Lipinski definition) is 37. The highest BCUT2D eigenvalue weighted by atomic mass is 35.5. The number of aliphatic hydroxyl groups excluding tert-OH is 15. The zero-order valence-corrected chi connectivity index (χ0v) is 81.8. The van der Waals surface area contributed by atoms with Crippen LogP contribution >= 0.6 is 34.8 Å². The van der Waals surface area contributed by atoms with Crippen LogP contribution in [-0.2, 0) is 79.9 Å². The fourth-order valence-corrected chi connectivity index (χ4v) is 18.8. The molecule has 8 heterocycles. The van der Waals surface area contributed by atoms with Crippen LogP contribution in [0, 0.1) is 17.8 Å². The van der Waals surface area contributed by atoms with Gasteiger partial charge in [0.2, 0.25) is 47.8 Å². The number of rotatable bonds is 31. The molecule has 0 aromatic heterocycles. The van der Waals surface area contributed by atoms with Crippen molar-refractivity contribution in [2.45, 2.75) is 265 Å². The molecule has 145 heavy (non-hydrogen) atoms. The first kappa shape index (κ1) is 113. The van der Waals surface area contributed by atoms with Crippen LogP contribution in [-0.4, -0.2) is 293 Å². The van der Waals surface area contributed by atoms with E-state index in [2.05, 4.69) is 31.9 Å². The number of ether oxygens (including phenoxy) is 8. The predicted molar refractivity (Wildman–Crippen MR) is 513 cm³/mol. The fourth-order valence-electron chi connectivity index (χ4n) is 18.2. The average molecular weight is 2090 g/mol. The van der Waals surface area contributed by atoms with Crippen LogP contribution in [0.4, 0.5) is 0 Å². The molecule has 0 saturated carbocycles. The van der Waals surface area contributed by atoms with Gasteiger partial charge >= 0.3 is 0 Å². The third-order valence-electron chi connectivity index (χ3n) is 26.6. The fraction of sp³-hybridized carbons (Fsp3) is 0.490. The monoisotopic (exact) mass is 2090 g/mol. The van der Waals surface area contributed by atoms with Crippen molar-refractivity contribution < 1.29 is 173 Å². The van der Waals surface area contributed by atoms with Crippen LogP contribution in [0.3, 0.4) is 0 Å². The summed E-state index contributed by atoms with van der Waals surface area (Å²) < 4.78 is 50.3. The quantitative estimate of drug-likeness (QED) is 0.0219. The van der Waals surface area contributed by atoms with Crippen molar-refractivity contribution in [3.63, 3.8) is 0 Å². The molecule has 5 amide bonds. The maximum absolute atomic E-state index is 16.6. The third kappa shape index (κ3) is 26.7. The Morgan fingerprint density at radius 1 is 0.634 bits per heavy atom. The molecule has 3 saturated heterocycles. The van der Waals surface area contributed by atoms with Gasteiger partial charge in [-0.25, -0.2) is 0 Å². The molecule has 0 spiro atoms. The van der Waals surface area contributed by atoms with E-state index in [0.717, 1.165) is 65.2 Å². The van der Waals surface area contributed by atoms with Crippen molar-refractivity contribution in [3.8, 4) is 68.2 Å². The highest BCUT2D eigenvalue weighted by Gasteiger charge is 2.53. The molecule has 0 radical (unpaired) electrons. The lowest BCUT2D eigenvalue weighted by Gasteiger charge is -2.48. The summed E-state index contributed by atoms with van der Waals surface area (Å²) in [6, 6.07) is 21.9. The molecule has 7 aromatic rings. The molecule has 11 bridgehead atoms. The molecule has 26 N–H and O–H groups in total. The van der Waals surface area contributed by atoms with Gasteiger partial charge in [-0.05, 0) is 165 Å². The summed E-state index contributed by atoms with van der Waals surface area (Å²) in [6.45, 7) is 7.55. The second kappa shape index (κ2) is 49.8. The van der Waals surface area contributed by atoms with Gasteiger partial charge in [-0.3, -0.25) is 43.2 Å². The largest absolute Gasteiger partial charge is 0.507 e. The molecule has 42 nitrogen and oxygen atoms in total. The number of carbonyl (C=O) groups is 9. The van der Waals surface area contributed by atoms with E-state index in [4.69, 9.17) is 83.5 Å². The van der Waals surface area contributed by atoms with Gasteiger partial charge in [0.05, 0.1) is 65.6 Å². The zero-order valence-electron chi connectivity index (χ0n) is 79.5. The van der Waals surface area contributed by atoms with Crippen LogP contribution in [0.2, 0.25) is 15.1 Å². The second-order valence-corrected chi connectivity index (χ2v) is 38.7. The first-order valence-corrected chi connectivity index (χ1v) is 48.2. The molecule has 8 aliphatic heterocycles. The summed E-state index contributed by atoms with van der Waals surface area (Å²) in [5, 5.41) is 212. The molecule has 45 heteroatoms. The van der Waals surface area contributed by atoms with Crippen molar-refractivity contribution in [1.82, 2.24) is 31.9 Å². The topological polar surface area (TPSA) is 690 Å². The number of nitrogens with two attached hydrogens (primary N) is 1. The smallest absolute Gasteiger partial charge is 0.295 e. The van der Waals surface area contributed by atoms with Crippen LogP contribution in [0.5, 0.6) is 46.0 Å². The van der Waals surface area contributed by atoms with Gasteiger partial charge in [0.25, 0.3) is 6.47 Å². The highest BCUT2D eigenvalue weighted by Crippen LogP contribution is 2.52. The number of halogens is 3. The number of carbonyl (C=O) groups excluding carboxylic acids is 9. The highest BCUT2D eigenvalue weighted by molar-refractivity contribution is 6.32. The normalized spacial score (nSPS) is 28.1. The van der Waals surface area contributed by atoms with E-state index >= 15 is 24.0 Å². The van der Waals surface area contributed by atoms with Crippen molar-refractivity contribution in [2.24, 2.45) is 23.5 Å². The van der Waals surface area contributed by atoms with Crippen LogP contribution in [0.25, 0.3) is 22.3 Å². The van der Waals surface area contributed by atoms with Crippen molar-refractivity contribution in [1.29, 1.82) is 0 Å². The lowest BCUT2D eigenvalue weighted by atomic mass is 9.84. The second-order valence-electron chi connectivity index (χ2n) is 37.4. The minimum Gasteiger partial charge on any atom is -0.507 e. The number of fused-ring (bicyclic) bond motifs is 15. The Bertz CT molecular complexity index is 5750. The number of ketones is 3. The lowest BCUT2D eigenvalue weighted by molar-refractivity contribution is -0.334. The first-order chi connectivity index (χ1) is 68.8. The van der Waals surface area contributed by atoms with Gasteiger partial charge in [-0.1, -0.05) is 110 Å². The Labute approximate surface area is 846 Å². The van der Waals surface area contributed by atoms with Gasteiger partial charge < -0.3 is 167 Å². The number of Topliss-reactive ketones (excluding diaryl/α,β-unsaturated/α-hetero) is 3. The maximum Gasteiger partial charge on any atom is 0.295 e. The van der Waals surface area contributed by atoms with Gasteiger partial charge in [0.15, 0.2) is 41.2 Å². The van der Waals surface area contributed by atoms with Gasteiger partial charge in [-0.15, -0.1) is 0 Å². The molecule has 5 unspecified atom stereocenters. The summed E-state index contributed by atoms with van der Waals surface area (Å²) in [6.07, 6.45) is -36.0. The standard InChI is InChI=1S/C93H108Cl3N7O30.C7H14O5/c1-6-44(25-41(2)3)87(123)101-74-62(110)29-51(32-70(97)113)88(124)100-73-50-30-67(129-65-22-17-48(76(74)114)27-57(65)95)84(133-92-85(83(121)81(119)69(39-105)131-92)132-71-35-93(5,86(122)42(4)128-71)99-36-43-10-12-45(13-11-43)46-14-19-52(94)20-15-46)68(31-50)130-66-23-18-49(28-58(66)96)77(115)75-90(126)103-91(127-40-106)55-34-61(109)56(37-98-24-8-7-9-60(108)79(117)82(120)80(118)64(112)38-104)78(116)72(55)54-26-47(16-21-59(54)107)53(33-63(73)111)89(125)102-75;1-3-5(9)7(11)6(10)4(2-8)12-3/h10-23,26-28,30-31,34,40-42,44,51,53,64,69,71,73-77,79-83,85-86,91-92,98-99,104-105,107,109,112,114-122H,6-9,24-25,29,32-33,35-39H2,1-5H3,(H2,97,113)(H,100,124)(H,101,123)(H,102,125)(H,103,126);3-11H,2H2,1H3/t42-,44+,51-,53-,64+,69+,71-,73+,74-,75-,76+,77+,79-,80+,81?,82+,83?,85+,86+,91+,92-,93?;3-,4?,5?,6-,7+/m00/s1. The van der Waals surface area contributed by atoms with Crippen LogP contribution in [0.15, 0.2) is 121 Å². The Kier molecular flexibility index (Phi) is 38.8. The van der Waals surface area contributed by atoms with E-state index in [0.29, 0.717) is 11.4 Å².